The molecule has 0 spiro atoms. The van der Waals surface area contributed by atoms with E-state index in [0.717, 1.165) is 0 Å². The quantitative estimate of drug-likeness (QED) is 0.446. The van der Waals surface area contributed by atoms with Crippen molar-refractivity contribution in [2.45, 2.75) is 48.4 Å². The van der Waals surface area contributed by atoms with E-state index in [1.807, 2.05) is 0 Å². The number of thiol groups is 2. The summed E-state index contributed by atoms with van der Waals surface area (Å²) in [6.07, 6.45) is 0.967. The molecule has 12 heavy (non-hydrogen) atoms. The van der Waals surface area contributed by atoms with Crippen LogP contribution in [0.25, 0.3) is 0 Å². The van der Waals surface area contributed by atoms with Gasteiger partial charge in [0.2, 0.25) is 0 Å². The minimum atomic E-state index is -0.808. The first-order valence-corrected chi connectivity index (χ1v) is 5.10. The van der Waals surface area contributed by atoms with Crippen molar-refractivity contribution in [3.05, 3.63) is 0 Å². The predicted octanol–water partition coefficient (Wildman–Crippen LogP) is 0.879. The normalized spacial score (nSPS) is 55.5. The van der Waals surface area contributed by atoms with Crippen molar-refractivity contribution in [3.63, 3.8) is 0 Å². The lowest BCUT2D eigenvalue weighted by molar-refractivity contribution is -0.0504. The van der Waals surface area contributed by atoms with Crippen molar-refractivity contribution in [2.24, 2.45) is 0 Å². The first-order valence-electron chi connectivity index (χ1n) is 4.06. The lowest BCUT2D eigenvalue weighted by atomic mass is 9.77. The summed E-state index contributed by atoms with van der Waals surface area (Å²) in [6.45, 7) is 3.48. The van der Waals surface area contributed by atoms with Gasteiger partial charge >= 0.3 is 0 Å². The number of hydrogen-bond donors (Lipinski definition) is 4. The van der Waals surface area contributed by atoms with Crippen LogP contribution in [0.15, 0.2) is 0 Å². The van der Waals surface area contributed by atoms with E-state index in [0.29, 0.717) is 12.8 Å². The van der Waals surface area contributed by atoms with Crippen molar-refractivity contribution in [2.75, 3.05) is 0 Å². The van der Waals surface area contributed by atoms with Gasteiger partial charge in [0.05, 0.1) is 11.2 Å². The van der Waals surface area contributed by atoms with Crippen molar-refractivity contribution in [1.29, 1.82) is 0 Å². The van der Waals surface area contributed by atoms with E-state index in [1.165, 1.54) is 0 Å². The second-order valence-electron chi connectivity index (χ2n) is 4.15. The Morgan fingerprint density at radius 2 is 1.25 bits per heavy atom. The molecule has 0 heterocycles. The Morgan fingerprint density at radius 3 is 1.50 bits per heavy atom. The van der Waals surface area contributed by atoms with Gasteiger partial charge in [0.25, 0.3) is 0 Å². The van der Waals surface area contributed by atoms with Gasteiger partial charge in [-0.1, -0.05) is 0 Å². The maximum Gasteiger partial charge on any atom is 0.0747 e. The van der Waals surface area contributed by atoms with E-state index in [1.54, 1.807) is 13.8 Å². The highest BCUT2D eigenvalue weighted by Gasteiger charge is 2.46. The molecule has 0 amide bonds. The van der Waals surface area contributed by atoms with Gasteiger partial charge in [0.1, 0.15) is 0 Å². The highest BCUT2D eigenvalue weighted by atomic mass is 32.1. The summed E-state index contributed by atoms with van der Waals surface area (Å²) in [4.78, 5) is 0. The molecule has 72 valence electrons. The number of hydrogen-bond acceptors (Lipinski definition) is 4. The lowest BCUT2D eigenvalue weighted by Crippen LogP contribution is -2.54. The molecule has 1 saturated carbocycles. The summed E-state index contributed by atoms with van der Waals surface area (Å²) in [5.41, 5.74) is -1.62. The van der Waals surface area contributed by atoms with Gasteiger partial charge in [-0.15, -0.1) is 0 Å². The Hall–Kier alpha value is 0.620. The summed E-state index contributed by atoms with van der Waals surface area (Å²) in [5.74, 6) is 0. The van der Waals surface area contributed by atoms with E-state index in [4.69, 9.17) is 0 Å². The van der Waals surface area contributed by atoms with E-state index >= 15 is 0 Å². The fourth-order valence-corrected chi connectivity index (χ4v) is 2.44. The molecule has 0 radical (unpaired) electrons. The van der Waals surface area contributed by atoms with E-state index in [2.05, 4.69) is 25.3 Å². The molecule has 2 N–H and O–H groups in total. The number of rotatable bonds is 0. The highest BCUT2D eigenvalue weighted by Crippen LogP contribution is 2.40. The Kier molecular flexibility index (Phi) is 2.75. The predicted molar refractivity (Wildman–Crippen MR) is 56.0 cm³/mol. The second-order valence-corrected chi connectivity index (χ2v) is 5.40. The highest BCUT2D eigenvalue weighted by molar-refractivity contribution is 7.81. The van der Waals surface area contributed by atoms with Crippen LogP contribution in [0.5, 0.6) is 0 Å². The molecule has 4 atom stereocenters. The maximum atomic E-state index is 9.81. The van der Waals surface area contributed by atoms with E-state index in [9.17, 15) is 10.2 Å². The third-order valence-corrected chi connectivity index (χ3v) is 4.13. The van der Waals surface area contributed by atoms with Gasteiger partial charge < -0.3 is 10.2 Å². The molecule has 0 saturated heterocycles. The zero-order chi connectivity index (χ0) is 9.57. The van der Waals surface area contributed by atoms with Crippen molar-refractivity contribution in [1.82, 2.24) is 0 Å². The average Bonchev–Trinajstić information content (AvgIpc) is 1.82. The van der Waals surface area contributed by atoms with Crippen LogP contribution in [0.3, 0.4) is 0 Å². The van der Waals surface area contributed by atoms with Crippen LogP contribution in [-0.2, 0) is 0 Å². The third-order valence-electron chi connectivity index (χ3n) is 2.65. The average molecular weight is 208 g/mol. The largest absolute Gasteiger partial charge is 0.389 e. The minimum absolute atomic E-state index is 0.170. The molecular formula is C8H16O2S2. The molecule has 1 rings (SSSR count). The molecule has 0 aromatic heterocycles. The summed E-state index contributed by atoms with van der Waals surface area (Å²) < 4.78 is 0. The summed E-state index contributed by atoms with van der Waals surface area (Å²) >= 11 is 8.50. The molecule has 0 aliphatic heterocycles. The molecule has 0 aromatic rings. The Labute approximate surface area is 84.2 Å². The minimum Gasteiger partial charge on any atom is -0.389 e. The van der Waals surface area contributed by atoms with Gasteiger partial charge in [-0.3, -0.25) is 0 Å². The molecule has 1 aliphatic carbocycles. The zero-order valence-corrected chi connectivity index (χ0v) is 9.15. The van der Waals surface area contributed by atoms with Crippen molar-refractivity contribution in [3.8, 4) is 0 Å². The third kappa shape index (κ3) is 1.92. The summed E-state index contributed by atoms with van der Waals surface area (Å²) in [5, 5.41) is 19.3. The lowest BCUT2D eigenvalue weighted by Gasteiger charge is -2.45. The molecule has 2 nitrogen and oxygen atoms in total. The van der Waals surface area contributed by atoms with Crippen LogP contribution in [0.4, 0.5) is 0 Å². The monoisotopic (exact) mass is 208 g/mol. The number of aliphatic hydroxyl groups is 2. The van der Waals surface area contributed by atoms with Gasteiger partial charge in [-0.25, -0.2) is 0 Å². The second kappa shape index (κ2) is 3.08. The molecular weight excluding hydrogens is 192 g/mol. The SMILES string of the molecule is CC1(O)CC(S)C(C)(O)CC1S. The first-order chi connectivity index (χ1) is 5.26. The Balaban J connectivity index is 2.76. The Bertz CT molecular complexity index is 160. The zero-order valence-electron chi connectivity index (χ0n) is 7.36. The first kappa shape index (κ1) is 10.7. The molecule has 4 heteroatoms. The van der Waals surface area contributed by atoms with Crippen molar-refractivity contribution >= 4 is 25.3 Å². The molecule has 0 aromatic carbocycles. The fraction of sp³-hybridized carbons (Fsp3) is 1.00. The van der Waals surface area contributed by atoms with Crippen LogP contribution >= 0.6 is 25.3 Å². The Morgan fingerprint density at radius 1 is 1.00 bits per heavy atom. The van der Waals surface area contributed by atoms with Gasteiger partial charge in [-0.2, -0.15) is 25.3 Å². The van der Waals surface area contributed by atoms with Gasteiger partial charge in [-0.05, 0) is 26.7 Å². The van der Waals surface area contributed by atoms with Crippen LogP contribution < -0.4 is 0 Å². The van der Waals surface area contributed by atoms with Gasteiger partial charge in [0, 0.05) is 10.5 Å². The molecule has 0 bridgehead atoms. The fourth-order valence-electron chi connectivity index (χ4n) is 1.49. The topological polar surface area (TPSA) is 40.5 Å². The maximum absolute atomic E-state index is 9.81. The van der Waals surface area contributed by atoms with Crippen LogP contribution in [-0.4, -0.2) is 31.9 Å². The summed E-state index contributed by atoms with van der Waals surface area (Å²) in [6, 6.07) is 0. The van der Waals surface area contributed by atoms with Crippen LogP contribution in [0.1, 0.15) is 26.7 Å². The standard InChI is InChI=1S/C8H16O2S2/c1-7(9)3-6(12)8(2,10)4-5(7)11/h5-6,9-12H,3-4H2,1-2H3. The summed E-state index contributed by atoms with van der Waals surface area (Å²) in [7, 11) is 0. The van der Waals surface area contributed by atoms with Crippen molar-refractivity contribution < 1.29 is 10.2 Å². The molecule has 1 aliphatic rings. The van der Waals surface area contributed by atoms with E-state index < -0.39 is 11.2 Å². The molecule has 1 fully saturated rings. The smallest absolute Gasteiger partial charge is 0.0747 e. The molecule has 4 unspecified atom stereocenters. The van der Waals surface area contributed by atoms with E-state index in [-0.39, 0.29) is 10.5 Å². The van der Waals surface area contributed by atoms with Crippen LogP contribution in [0, 0.1) is 0 Å². The van der Waals surface area contributed by atoms with Crippen LogP contribution in [0.2, 0.25) is 0 Å². The van der Waals surface area contributed by atoms with Gasteiger partial charge in [0.15, 0.2) is 0 Å².